The molecule has 1 aromatic rings. The first-order valence-corrected chi connectivity index (χ1v) is 7.18. The molecule has 0 spiro atoms. The van der Waals surface area contributed by atoms with Crippen LogP contribution in [0.2, 0.25) is 0 Å². The first kappa shape index (κ1) is 16.5. The Labute approximate surface area is 122 Å². The Morgan fingerprint density at radius 1 is 1.30 bits per heavy atom. The fraction of sp³-hybridized carbons (Fsp3) is 0.562. The van der Waals surface area contributed by atoms with Gasteiger partial charge in [-0.3, -0.25) is 4.90 Å². The molecule has 20 heavy (non-hydrogen) atoms. The van der Waals surface area contributed by atoms with Gasteiger partial charge in [-0.25, -0.2) is 0 Å². The second-order valence-corrected chi connectivity index (χ2v) is 5.84. The zero-order valence-corrected chi connectivity index (χ0v) is 13.1. The van der Waals surface area contributed by atoms with Gasteiger partial charge < -0.3 is 10.9 Å². The molecule has 1 aromatic carbocycles. The lowest BCUT2D eigenvalue weighted by Gasteiger charge is -2.25. The van der Waals surface area contributed by atoms with E-state index in [0.29, 0.717) is 18.2 Å². The van der Waals surface area contributed by atoms with Crippen LogP contribution in [-0.4, -0.2) is 29.0 Å². The van der Waals surface area contributed by atoms with E-state index in [1.807, 2.05) is 0 Å². The van der Waals surface area contributed by atoms with Crippen molar-refractivity contribution in [2.75, 3.05) is 13.1 Å². The van der Waals surface area contributed by atoms with Gasteiger partial charge >= 0.3 is 0 Å². The van der Waals surface area contributed by atoms with Gasteiger partial charge in [-0.05, 0) is 36.5 Å². The van der Waals surface area contributed by atoms with Crippen LogP contribution < -0.4 is 5.73 Å². The van der Waals surface area contributed by atoms with Crippen molar-refractivity contribution in [3.05, 3.63) is 34.9 Å². The van der Waals surface area contributed by atoms with Gasteiger partial charge in [-0.1, -0.05) is 37.2 Å². The minimum atomic E-state index is 0.292. The third-order valence-corrected chi connectivity index (χ3v) is 3.46. The summed E-state index contributed by atoms with van der Waals surface area (Å²) in [6, 6.07) is 6.40. The molecule has 0 atom stereocenters. The van der Waals surface area contributed by atoms with E-state index in [9.17, 15) is 0 Å². The summed E-state index contributed by atoms with van der Waals surface area (Å²) >= 11 is 0. The van der Waals surface area contributed by atoms with Crippen LogP contribution in [0.15, 0.2) is 23.4 Å². The Morgan fingerprint density at radius 3 is 2.40 bits per heavy atom. The topological polar surface area (TPSA) is 61.8 Å². The molecular weight excluding hydrogens is 250 g/mol. The molecule has 4 heteroatoms. The highest BCUT2D eigenvalue weighted by molar-refractivity contribution is 5.79. The summed E-state index contributed by atoms with van der Waals surface area (Å²) in [6.45, 7) is 11.4. The molecule has 0 saturated heterocycles. The number of rotatable bonds is 7. The number of nitrogens with two attached hydrogens (primary N) is 1. The van der Waals surface area contributed by atoms with Crippen LogP contribution in [0.3, 0.4) is 0 Å². The van der Waals surface area contributed by atoms with Crippen LogP contribution in [0, 0.1) is 19.8 Å². The number of hydrogen-bond acceptors (Lipinski definition) is 3. The van der Waals surface area contributed by atoms with Crippen molar-refractivity contribution < 1.29 is 5.21 Å². The lowest BCUT2D eigenvalue weighted by molar-refractivity contribution is 0.240. The van der Waals surface area contributed by atoms with E-state index in [2.05, 4.69) is 55.9 Å². The highest BCUT2D eigenvalue weighted by Gasteiger charge is 2.12. The van der Waals surface area contributed by atoms with E-state index < -0.39 is 0 Å². The predicted octanol–water partition coefficient (Wildman–Crippen LogP) is 2.90. The van der Waals surface area contributed by atoms with Gasteiger partial charge in [0.25, 0.3) is 0 Å². The van der Waals surface area contributed by atoms with E-state index in [1.54, 1.807) is 0 Å². The molecular formula is C16H27N3O. The van der Waals surface area contributed by atoms with Gasteiger partial charge in [0, 0.05) is 26.1 Å². The Morgan fingerprint density at radius 2 is 1.90 bits per heavy atom. The summed E-state index contributed by atoms with van der Waals surface area (Å²) in [5.41, 5.74) is 9.60. The number of benzene rings is 1. The first-order chi connectivity index (χ1) is 9.43. The van der Waals surface area contributed by atoms with Crippen molar-refractivity contribution in [2.24, 2.45) is 16.8 Å². The molecule has 4 nitrogen and oxygen atoms in total. The molecule has 0 saturated carbocycles. The molecule has 0 heterocycles. The smallest absolute Gasteiger partial charge is 0.140 e. The maximum atomic E-state index is 8.65. The van der Waals surface area contributed by atoms with Crippen molar-refractivity contribution >= 4 is 5.84 Å². The molecule has 3 N–H and O–H groups in total. The summed E-state index contributed by atoms with van der Waals surface area (Å²) in [5.74, 6) is 0.881. The number of nitrogens with zero attached hydrogens (tertiary/aromatic N) is 2. The minimum Gasteiger partial charge on any atom is -0.409 e. The fourth-order valence-corrected chi connectivity index (χ4v) is 2.40. The molecule has 0 aliphatic rings. The van der Waals surface area contributed by atoms with Crippen LogP contribution in [-0.2, 0) is 6.54 Å². The molecule has 0 aromatic heterocycles. The quantitative estimate of drug-likeness (QED) is 0.349. The summed E-state index contributed by atoms with van der Waals surface area (Å²) in [4.78, 5) is 2.37. The second kappa shape index (κ2) is 7.90. The molecule has 0 radical (unpaired) electrons. The summed E-state index contributed by atoms with van der Waals surface area (Å²) in [7, 11) is 0. The van der Waals surface area contributed by atoms with Crippen molar-refractivity contribution in [1.82, 2.24) is 4.90 Å². The zero-order valence-electron chi connectivity index (χ0n) is 13.1. The molecule has 0 aliphatic heterocycles. The maximum absolute atomic E-state index is 8.65. The Balaban J connectivity index is 2.78. The van der Waals surface area contributed by atoms with E-state index >= 15 is 0 Å². The lowest BCUT2D eigenvalue weighted by atomic mass is 10.0. The number of aryl methyl sites for hydroxylation is 2. The van der Waals surface area contributed by atoms with E-state index in [-0.39, 0.29) is 0 Å². The van der Waals surface area contributed by atoms with Gasteiger partial charge in [0.15, 0.2) is 0 Å². The van der Waals surface area contributed by atoms with Gasteiger partial charge in [0.2, 0.25) is 0 Å². The number of amidine groups is 1. The fourth-order valence-electron chi connectivity index (χ4n) is 2.40. The molecule has 0 aliphatic carbocycles. The molecule has 1 rings (SSSR count). The lowest BCUT2D eigenvalue weighted by Crippen LogP contribution is -2.31. The van der Waals surface area contributed by atoms with Crippen LogP contribution in [0.25, 0.3) is 0 Å². The SMILES string of the molecule is Cc1cccc(C)c1CN(CC/C(N)=N/O)CC(C)C. The second-order valence-electron chi connectivity index (χ2n) is 5.84. The van der Waals surface area contributed by atoms with Crippen LogP contribution in [0.1, 0.15) is 37.0 Å². The average molecular weight is 277 g/mol. The zero-order chi connectivity index (χ0) is 15.1. The molecule has 0 bridgehead atoms. The number of oxime groups is 1. The predicted molar refractivity (Wildman–Crippen MR) is 84.1 cm³/mol. The molecule has 112 valence electrons. The van der Waals surface area contributed by atoms with E-state index in [1.165, 1.54) is 16.7 Å². The Bertz CT molecular complexity index is 435. The van der Waals surface area contributed by atoms with Crippen LogP contribution >= 0.6 is 0 Å². The standard InChI is InChI=1S/C16H27N3O/c1-12(2)10-19(9-8-16(17)18-20)11-15-13(3)6-5-7-14(15)4/h5-7,12,20H,8-11H2,1-4H3,(H2,17,18). The Hall–Kier alpha value is -1.55. The first-order valence-electron chi connectivity index (χ1n) is 7.18. The van der Waals surface area contributed by atoms with E-state index in [0.717, 1.165) is 19.6 Å². The van der Waals surface area contributed by atoms with Crippen molar-refractivity contribution in [1.29, 1.82) is 0 Å². The monoisotopic (exact) mass is 277 g/mol. The summed E-state index contributed by atoms with van der Waals surface area (Å²) < 4.78 is 0. The van der Waals surface area contributed by atoms with Gasteiger partial charge in [0.05, 0.1) is 0 Å². The van der Waals surface area contributed by atoms with Crippen molar-refractivity contribution in [2.45, 2.75) is 40.7 Å². The van der Waals surface area contributed by atoms with E-state index in [4.69, 9.17) is 10.9 Å². The molecule has 0 unspecified atom stereocenters. The third-order valence-electron chi connectivity index (χ3n) is 3.46. The highest BCUT2D eigenvalue weighted by Crippen LogP contribution is 2.16. The Kier molecular flexibility index (Phi) is 6.52. The average Bonchev–Trinajstić information content (AvgIpc) is 2.39. The molecule has 0 fully saturated rings. The summed E-state index contributed by atoms with van der Waals surface area (Å²) in [5, 5.41) is 11.7. The minimum absolute atomic E-state index is 0.292. The third kappa shape index (κ3) is 5.21. The highest BCUT2D eigenvalue weighted by atomic mass is 16.4. The van der Waals surface area contributed by atoms with Gasteiger partial charge in [-0.15, -0.1) is 0 Å². The van der Waals surface area contributed by atoms with Gasteiger partial charge in [-0.2, -0.15) is 0 Å². The van der Waals surface area contributed by atoms with Crippen molar-refractivity contribution in [3.63, 3.8) is 0 Å². The number of hydrogen-bond donors (Lipinski definition) is 2. The summed E-state index contributed by atoms with van der Waals surface area (Å²) in [6.07, 6.45) is 0.591. The maximum Gasteiger partial charge on any atom is 0.140 e. The normalized spacial score (nSPS) is 12.4. The van der Waals surface area contributed by atoms with Crippen LogP contribution in [0.4, 0.5) is 0 Å². The van der Waals surface area contributed by atoms with Gasteiger partial charge in [0.1, 0.15) is 5.84 Å². The van der Waals surface area contributed by atoms with Crippen molar-refractivity contribution in [3.8, 4) is 0 Å². The molecule has 0 amide bonds. The van der Waals surface area contributed by atoms with Crippen LogP contribution in [0.5, 0.6) is 0 Å². The largest absolute Gasteiger partial charge is 0.409 e.